The predicted molar refractivity (Wildman–Crippen MR) is 276 cm³/mol. The number of aliphatic hydroxyl groups is 12. The van der Waals surface area contributed by atoms with E-state index in [2.05, 4.69) is 54.5 Å². The topological polar surface area (TPSA) is 360 Å². The molecule has 80 heavy (non-hydrogen) atoms. The van der Waals surface area contributed by atoms with E-state index in [9.17, 15) is 70.9 Å². The third-order valence-corrected chi connectivity index (χ3v) is 21.7. The zero-order chi connectivity index (χ0) is 58.4. The van der Waals surface area contributed by atoms with Crippen LogP contribution in [0.15, 0.2) is 11.6 Å². The van der Waals surface area contributed by atoms with E-state index in [0.29, 0.717) is 44.9 Å². The van der Waals surface area contributed by atoms with Gasteiger partial charge in [0.2, 0.25) is 6.29 Å². The molecule has 4 heterocycles. The number of esters is 2. The van der Waals surface area contributed by atoms with Crippen molar-refractivity contribution in [1.82, 2.24) is 0 Å². The van der Waals surface area contributed by atoms with Gasteiger partial charge in [0.1, 0.15) is 85.5 Å². The number of fused-ring (bicyclic) bond motifs is 7. The third-order valence-electron chi connectivity index (χ3n) is 21.7. The van der Waals surface area contributed by atoms with Gasteiger partial charge in [0.15, 0.2) is 25.0 Å². The second-order valence-corrected chi connectivity index (χ2v) is 27.0. The van der Waals surface area contributed by atoms with E-state index in [1.165, 1.54) is 5.57 Å². The van der Waals surface area contributed by atoms with E-state index in [4.69, 9.17) is 42.6 Å². The molecular weight excluding hydrogens is 1050 g/mol. The molecule has 0 radical (unpaired) electrons. The molecule has 0 bridgehead atoms. The molecule has 8 unspecified atom stereocenters. The monoisotopic (exact) mass is 1140 g/mol. The summed E-state index contributed by atoms with van der Waals surface area (Å²) >= 11 is 0. The molecule has 27 atom stereocenters. The largest absolute Gasteiger partial charge is 0.464 e. The molecule has 5 aliphatic carbocycles. The molecule has 0 aromatic heterocycles. The molecule has 0 aromatic rings. The Morgan fingerprint density at radius 3 is 1.89 bits per heavy atom. The van der Waals surface area contributed by atoms with Crippen LogP contribution in [0.4, 0.5) is 0 Å². The summed E-state index contributed by atoms with van der Waals surface area (Å²) in [7, 11) is 0. The summed E-state index contributed by atoms with van der Waals surface area (Å²) in [5.74, 6) is -1.52. The van der Waals surface area contributed by atoms with Crippen molar-refractivity contribution < 1.29 is 113 Å². The molecule has 4 aliphatic heterocycles. The van der Waals surface area contributed by atoms with Gasteiger partial charge in [-0.25, -0.2) is 4.79 Å². The van der Waals surface area contributed by atoms with Gasteiger partial charge >= 0.3 is 11.9 Å². The quantitative estimate of drug-likeness (QED) is 0.0470. The van der Waals surface area contributed by atoms with E-state index >= 15 is 0 Å². The summed E-state index contributed by atoms with van der Waals surface area (Å²) in [6, 6.07) is 0. The van der Waals surface area contributed by atoms with Gasteiger partial charge in [-0.2, -0.15) is 0 Å². The third kappa shape index (κ3) is 10.6. The summed E-state index contributed by atoms with van der Waals surface area (Å²) in [5.41, 5.74) is -1.34. The number of hydrogen-bond donors (Lipinski definition) is 12. The number of unbranched alkanes of at least 4 members (excludes halogenated alkanes) is 1. The molecule has 9 rings (SSSR count). The summed E-state index contributed by atoms with van der Waals surface area (Å²) in [4.78, 5) is 28.8. The second-order valence-electron chi connectivity index (χ2n) is 27.0. The van der Waals surface area contributed by atoms with Gasteiger partial charge in [-0.3, -0.25) is 4.79 Å². The minimum atomic E-state index is -1.97. The normalized spacial score (nSPS) is 50.9. The number of allylic oxidation sites excluding steroid dienone is 2. The lowest BCUT2D eigenvalue weighted by Gasteiger charge is -2.71. The lowest BCUT2D eigenvalue weighted by Crippen LogP contribution is -2.68. The van der Waals surface area contributed by atoms with Gasteiger partial charge in [0, 0.05) is 0 Å². The lowest BCUT2D eigenvalue weighted by atomic mass is 9.33. The molecule has 9 aliphatic rings. The molecule has 0 spiro atoms. The van der Waals surface area contributed by atoms with Gasteiger partial charge in [0.25, 0.3) is 0 Å². The van der Waals surface area contributed by atoms with Gasteiger partial charge in [0.05, 0.1) is 37.9 Å². The van der Waals surface area contributed by atoms with Crippen molar-refractivity contribution >= 4 is 11.9 Å². The van der Waals surface area contributed by atoms with Gasteiger partial charge in [-0.1, -0.05) is 73.5 Å². The summed E-state index contributed by atoms with van der Waals surface area (Å²) in [6.45, 7) is 15.8. The average molecular weight is 1150 g/mol. The van der Waals surface area contributed by atoms with Crippen molar-refractivity contribution in [2.45, 2.75) is 255 Å². The van der Waals surface area contributed by atoms with Crippen LogP contribution < -0.4 is 0 Å². The second kappa shape index (κ2) is 23.3. The number of ether oxygens (including phenoxy) is 9. The molecule has 0 aromatic carbocycles. The Hall–Kier alpha value is -2.08. The van der Waals surface area contributed by atoms with Crippen LogP contribution in [0, 0.1) is 50.2 Å². The number of hydrogen-bond acceptors (Lipinski definition) is 23. The molecule has 12 N–H and O–H groups in total. The predicted octanol–water partition coefficient (Wildman–Crippen LogP) is -0.0452. The Kier molecular flexibility index (Phi) is 18.2. The fourth-order valence-electron chi connectivity index (χ4n) is 16.6. The molecule has 8 fully saturated rings. The minimum absolute atomic E-state index is 0.0166. The molecular formula is C57H92O23. The molecule has 23 nitrogen and oxygen atoms in total. The average Bonchev–Trinajstić information content (AvgIpc) is 3.41. The molecule has 458 valence electrons. The number of carbonyl (C=O) groups is 2. The molecule has 0 amide bonds. The summed E-state index contributed by atoms with van der Waals surface area (Å²) in [5, 5.41) is 129. The summed E-state index contributed by atoms with van der Waals surface area (Å²) < 4.78 is 54.8. The van der Waals surface area contributed by atoms with E-state index in [1.807, 2.05) is 6.92 Å². The highest BCUT2D eigenvalue weighted by molar-refractivity contribution is 5.79. The van der Waals surface area contributed by atoms with Crippen LogP contribution in [-0.4, -0.2) is 222 Å². The van der Waals surface area contributed by atoms with E-state index < -0.39 is 165 Å². The smallest absolute Gasteiger partial charge is 0.338 e. The Labute approximate surface area is 467 Å². The standard InChI is InChI=1S/C57H92O23/c1-9-10-21-72-46(70)44-42(69)43(77-48-40(67)37(64)35(62)29(23-58)74-48)45(79-47-39(66)34(61)28(60)25-73-47)50(78-44)76-33-14-15-54(6)31(53(33,4)5)13-16-56(8)32(54)12-11-26-27-22-52(2,3)17-19-57(27,20-18-55(26,56)7)51(71)80-49-41(68)38(65)36(63)30(24-59)75-49/h11,27-45,47-50,58-69H,9-10,12-25H2,1-8H3/t27?,28-,29-,30-,31?,32?,33?,34+,35-,36-,37+,38+,39-,40-,41-,42+,43+,44+,45-,47-,48+,49+,50-,54?,55?,56?,57?/m1/s1. The van der Waals surface area contributed by atoms with Crippen molar-refractivity contribution in [3.8, 4) is 0 Å². The van der Waals surface area contributed by atoms with Crippen molar-refractivity contribution in [1.29, 1.82) is 0 Å². The summed E-state index contributed by atoms with van der Waals surface area (Å²) in [6.07, 6.45) is -22.8. The maximum absolute atomic E-state index is 14.8. The van der Waals surface area contributed by atoms with Crippen LogP contribution in [0.25, 0.3) is 0 Å². The van der Waals surface area contributed by atoms with Crippen LogP contribution in [0.2, 0.25) is 0 Å². The minimum Gasteiger partial charge on any atom is -0.464 e. The Balaban J connectivity index is 1.01. The number of aliphatic hydroxyl groups excluding tert-OH is 12. The highest BCUT2D eigenvalue weighted by Gasteiger charge is 2.70. The Bertz CT molecular complexity index is 2210. The van der Waals surface area contributed by atoms with Crippen LogP contribution in [0.5, 0.6) is 0 Å². The van der Waals surface area contributed by atoms with E-state index in [0.717, 1.165) is 32.1 Å². The zero-order valence-corrected chi connectivity index (χ0v) is 47.5. The van der Waals surface area contributed by atoms with Gasteiger partial charge < -0.3 is 104 Å². The van der Waals surface area contributed by atoms with Gasteiger partial charge in [-0.05, 0) is 115 Å². The Morgan fingerprint density at radius 2 is 1.24 bits per heavy atom. The highest BCUT2D eigenvalue weighted by Crippen LogP contribution is 2.76. The zero-order valence-electron chi connectivity index (χ0n) is 47.5. The lowest BCUT2D eigenvalue weighted by molar-refractivity contribution is -0.391. The maximum Gasteiger partial charge on any atom is 0.338 e. The first-order chi connectivity index (χ1) is 37.5. The fraction of sp³-hybridized carbons (Fsp3) is 0.930. The number of rotatable bonds is 14. The highest BCUT2D eigenvalue weighted by atomic mass is 16.8. The molecule has 4 saturated carbocycles. The first-order valence-electron chi connectivity index (χ1n) is 29.2. The first-order valence-corrected chi connectivity index (χ1v) is 29.2. The van der Waals surface area contributed by atoms with Crippen molar-refractivity contribution in [2.24, 2.45) is 50.2 Å². The van der Waals surface area contributed by atoms with Crippen molar-refractivity contribution in [3.63, 3.8) is 0 Å². The van der Waals surface area contributed by atoms with Crippen LogP contribution >= 0.6 is 0 Å². The first kappa shape index (κ1) is 62.5. The Morgan fingerprint density at radius 1 is 0.625 bits per heavy atom. The maximum atomic E-state index is 14.8. The van der Waals surface area contributed by atoms with E-state index in [1.54, 1.807) is 0 Å². The van der Waals surface area contributed by atoms with Crippen molar-refractivity contribution in [2.75, 3.05) is 26.4 Å². The number of carbonyl (C=O) groups excluding carboxylic acids is 2. The van der Waals surface area contributed by atoms with Gasteiger partial charge in [-0.15, -0.1) is 0 Å². The van der Waals surface area contributed by atoms with Crippen LogP contribution in [0.1, 0.15) is 132 Å². The van der Waals surface area contributed by atoms with E-state index in [-0.39, 0.29) is 46.0 Å². The molecule has 4 saturated heterocycles. The van der Waals surface area contributed by atoms with Crippen LogP contribution in [0.3, 0.4) is 0 Å². The van der Waals surface area contributed by atoms with Crippen molar-refractivity contribution in [3.05, 3.63) is 11.6 Å². The SMILES string of the molecule is CCCCOC(=O)[C@H]1O[C@@H](OC2CCC3(C)C(CCC4(C)C3CC=C3C5CC(C)(C)CCC5(C(=O)O[C@@H]5O[C@H](CO)[C@@H](O)[C@H](O)[C@H]5O)CCC34C)C2(C)C)[C@H](O[C@H]2OC[C@@H](O)[C@H](O)[C@H]2O)[C@@H](O[C@@H]2O[C@H](CO)[C@@H](O)[C@H](O)[C@H]2O)[C@@H]1O. The molecule has 23 heteroatoms. The van der Waals surface area contributed by atoms with Crippen LogP contribution in [-0.2, 0) is 52.2 Å². The fourth-order valence-corrected chi connectivity index (χ4v) is 16.6.